The van der Waals surface area contributed by atoms with Crippen LogP contribution in [0.4, 0.5) is 11.4 Å². The SMILES string of the molecule is C#CC#CC#CC#CC#CC#CC#CC#CC#CC#CC#CC#CC#CC#CC#CC#CC#CC#CC#C.CCCCCCCCCCCCCCCCCC[N+]1=C(C=CC=CC=CC=C2N(CCCCS(=O)(=O)[O-])c3ccc4ccccc4c3C2(C)C)C(C)(C)c2c1ccc1ccccc21. The maximum atomic E-state index is 11.3. The van der Waals surface area contributed by atoms with Crippen molar-refractivity contribution >= 4 is 48.7 Å². The Hall–Kier alpha value is -12.6. The van der Waals surface area contributed by atoms with Gasteiger partial charge in [0.1, 0.15) is 6.54 Å². The van der Waals surface area contributed by atoms with Crippen LogP contribution in [0.15, 0.2) is 121 Å². The van der Waals surface area contributed by atoms with Crippen LogP contribution in [0, 0.1) is 226 Å². The first-order valence-electron chi connectivity index (χ1n) is 33.9. The number of benzene rings is 4. The second-order valence-electron chi connectivity index (χ2n) is 23.8. The lowest BCUT2D eigenvalue weighted by atomic mass is 9.79. The molecule has 0 saturated heterocycles. The van der Waals surface area contributed by atoms with E-state index in [4.69, 9.17) is 12.8 Å². The van der Waals surface area contributed by atoms with Crippen LogP contribution in [-0.4, -0.2) is 42.1 Å². The third kappa shape index (κ3) is 29.7. The van der Waals surface area contributed by atoms with E-state index in [0.717, 1.165) is 17.9 Å². The molecule has 0 aromatic heterocycles. The Balaban J connectivity index is 0.000000416. The van der Waals surface area contributed by atoms with E-state index in [1.807, 2.05) is 0 Å². The molecule has 6 heteroatoms. The maximum absolute atomic E-state index is 11.3. The molecular formula is C95H78N2O3S. The average Bonchev–Trinajstić information content (AvgIpc) is 1.59. The summed E-state index contributed by atoms with van der Waals surface area (Å²) in [5.74, 6) is 87.8. The molecule has 0 atom stereocenters. The first-order valence-corrected chi connectivity index (χ1v) is 35.5. The molecule has 5 nitrogen and oxygen atoms in total. The fourth-order valence-electron chi connectivity index (χ4n) is 11.5. The monoisotopic (exact) mass is 1330 g/mol. The molecule has 4 aromatic rings. The van der Waals surface area contributed by atoms with Crippen LogP contribution in [0.2, 0.25) is 0 Å². The molecule has 2 aliphatic rings. The van der Waals surface area contributed by atoms with E-state index in [1.54, 1.807) is 0 Å². The highest BCUT2D eigenvalue weighted by Gasteiger charge is 2.45. The highest BCUT2D eigenvalue weighted by atomic mass is 32.2. The molecule has 2 aliphatic heterocycles. The molecule has 0 radical (unpaired) electrons. The van der Waals surface area contributed by atoms with Crippen LogP contribution in [0.3, 0.4) is 0 Å². The number of unbranched alkanes of at least 4 members (excludes halogenated alkanes) is 16. The maximum Gasteiger partial charge on any atom is 0.210 e. The van der Waals surface area contributed by atoms with Gasteiger partial charge in [0.2, 0.25) is 5.69 Å². The summed E-state index contributed by atoms with van der Waals surface area (Å²) >= 11 is 0. The second-order valence-corrected chi connectivity index (χ2v) is 25.3. The van der Waals surface area contributed by atoms with Crippen molar-refractivity contribution in [3.05, 3.63) is 132 Å². The van der Waals surface area contributed by atoms with E-state index < -0.39 is 10.1 Å². The molecule has 0 unspecified atom stereocenters. The Morgan fingerprint density at radius 1 is 0.406 bits per heavy atom. The fourth-order valence-corrected chi connectivity index (χ4v) is 12.0. The van der Waals surface area contributed by atoms with Gasteiger partial charge < -0.3 is 9.45 Å². The number of anilines is 1. The number of hydrogen-bond acceptors (Lipinski definition) is 4. The van der Waals surface area contributed by atoms with Gasteiger partial charge in [-0.05, 0) is 173 Å². The van der Waals surface area contributed by atoms with Crippen molar-refractivity contribution in [2.45, 2.75) is 161 Å². The normalized spacial score (nSPS) is 11.8. The van der Waals surface area contributed by atoms with E-state index in [0.29, 0.717) is 19.4 Å². The molecule has 0 amide bonds. The average molecular weight is 1330 g/mol. The van der Waals surface area contributed by atoms with Gasteiger partial charge in [-0.3, -0.25) is 0 Å². The van der Waals surface area contributed by atoms with Crippen LogP contribution >= 0.6 is 0 Å². The number of nitrogens with zero attached hydrogens (tertiary/aromatic N) is 2. The van der Waals surface area contributed by atoms with Gasteiger partial charge in [0.25, 0.3) is 0 Å². The zero-order chi connectivity index (χ0) is 72.2. The molecule has 6 rings (SSSR count). The molecule has 0 saturated carbocycles. The van der Waals surface area contributed by atoms with E-state index >= 15 is 0 Å². The van der Waals surface area contributed by atoms with E-state index in [-0.39, 0.29) is 16.6 Å². The quantitative estimate of drug-likeness (QED) is 0.0207. The Morgan fingerprint density at radius 3 is 1.17 bits per heavy atom. The zero-order valence-electron chi connectivity index (χ0n) is 58.5. The van der Waals surface area contributed by atoms with Gasteiger partial charge >= 0.3 is 0 Å². The molecule has 0 bridgehead atoms. The fraction of sp³-hybridized carbons (Fsp3) is 0.295. The summed E-state index contributed by atoms with van der Waals surface area (Å²) in [7, 11) is -4.24. The Labute approximate surface area is 605 Å². The minimum atomic E-state index is -4.24. The first kappa shape index (κ1) is 79.1. The standard InChI is InChI=1S/C57H76N2O3S.C38H2/c1-6-7-8-9-10-11-12-13-14-15-16-17-18-19-23-30-43-58-50-41-39-46-33-26-28-35-48(46)54(50)56(2,3)52(58)37-24-21-20-22-25-38-53-57(4,5)55-49-36-29-27-34-47(49)40-42-51(55)59(53)44-31-32-45-63(60,61)62;1-3-5-7-9-11-13-15-17-19-21-23-25-27-29-31-33-35-37-38-36-34-32-30-28-26-24-22-20-18-16-14-12-10-8-6-4-2/h20-22,24-29,33-42H,6-19,23,30-32,43-45H2,1-5H3;1-2H. The van der Waals surface area contributed by atoms with Gasteiger partial charge in [0.05, 0.1) is 15.5 Å². The smallest absolute Gasteiger partial charge is 0.210 e. The van der Waals surface area contributed by atoms with Gasteiger partial charge in [-0.15, -0.1) is 12.8 Å². The van der Waals surface area contributed by atoms with E-state index in [1.165, 1.54) is 147 Å². The predicted octanol–water partition coefficient (Wildman–Crippen LogP) is 15.6. The summed E-state index contributed by atoms with van der Waals surface area (Å²) in [6, 6.07) is 26.3. The lowest BCUT2D eigenvalue weighted by Gasteiger charge is -2.27. The van der Waals surface area contributed by atoms with Crippen molar-refractivity contribution in [1.29, 1.82) is 0 Å². The molecule has 2 heterocycles. The van der Waals surface area contributed by atoms with Crippen molar-refractivity contribution in [3.8, 4) is 226 Å². The van der Waals surface area contributed by atoms with Crippen LogP contribution in [0.5, 0.6) is 0 Å². The van der Waals surface area contributed by atoms with Crippen LogP contribution in [0.25, 0.3) is 21.5 Å². The first-order chi connectivity index (χ1) is 49.4. The number of hydrogen-bond donors (Lipinski definition) is 0. The van der Waals surface area contributed by atoms with Crippen molar-refractivity contribution in [1.82, 2.24) is 0 Å². The molecular weight excluding hydrogens is 1250 g/mol. The Bertz CT molecular complexity index is 5070. The summed E-state index contributed by atoms with van der Waals surface area (Å²) in [6.07, 6.45) is 48.0. The number of rotatable bonds is 26. The second kappa shape index (κ2) is 47.3. The number of fused-ring (bicyclic) bond motifs is 6. The molecule has 0 spiro atoms. The largest absolute Gasteiger partial charge is 0.748 e. The van der Waals surface area contributed by atoms with Crippen molar-refractivity contribution in [3.63, 3.8) is 0 Å². The van der Waals surface area contributed by atoms with Crippen molar-refractivity contribution < 1.29 is 17.5 Å². The van der Waals surface area contributed by atoms with Gasteiger partial charge in [0.15, 0.2) is 5.71 Å². The molecule has 101 heavy (non-hydrogen) atoms. The number of allylic oxidation sites excluding steroid dienone is 8. The lowest BCUT2D eigenvalue weighted by Crippen LogP contribution is -2.28. The minimum Gasteiger partial charge on any atom is -0.748 e. The number of terminal acetylenes is 2. The van der Waals surface area contributed by atoms with E-state index in [2.05, 4.69) is 373 Å². The van der Waals surface area contributed by atoms with Gasteiger partial charge in [0, 0.05) is 172 Å². The van der Waals surface area contributed by atoms with Crippen LogP contribution in [0.1, 0.15) is 161 Å². The topological polar surface area (TPSA) is 63.5 Å². The summed E-state index contributed by atoms with van der Waals surface area (Å²) in [5, 5.41) is 5.08. The summed E-state index contributed by atoms with van der Waals surface area (Å²) in [4.78, 5) is 2.32. The predicted molar refractivity (Wildman–Crippen MR) is 420 cm³/mol. The Morgan fingerprint density at radius 2 is 0.762 bits per heavy atom. The zero-order valence-corrected chi connectivity index (χ0v) is 59.3. The molecule has 4 aromatic carbocycles. The third-order valence-corrected chi connectivity index (χ3v) is 16.7. The van der Waals surface area contributed by atoms with Crippen molar-refractivity contribution in [2.75, 3.05) is 23.7 Å². The van der Waals surface area contributed by atoms with Gasteiger partial charge in [-0.25, -0.2) is 8.42 Å². The Kier molecular flexibility index (Phi) is 37.0. The van der Waals surface area contributed by atoms with Gasteiger partial charge in [-0.1, -0.05) is 196 Å². The van der Waals surface area contributed by atoms with Gasteiger partial charge in [-0.2, -0.15) is 4.58 Å². The summed E-state index contributed by atoms with van der Waals surface area (Å²) in [6.45, 7) is 13.3. The highest BCUT2D eigenvalue weighted by Crippen LogP contribution is 2.51. The van der Waals surface area contributed by atoms with Crippen molar-refractivity contribution in [2.24, 2.45) is 0 Å². The van der Waals surface area contributed by atoms with Crippen LogP contribution in [-0.2, 0) is 20.9 Å². The summed E-state index contributed by atoms with van der Waals surface area (Å²) in [5.41, 5.74) is 7.32. The molecule has 0 N–H and O–H groups in total. The lowest BCUT2D eigenvalue weighted by molar-refractivity contribution is -0.438. The van der Waals surface area contributed by atoms with E-state index in [9.17, 15) is 13.0 Å². The summed E-state index contributed by atoms with van der Waals surface area (Å²) < 4.78 is 36.6. The minimum absolute atomic E-state index is 0.135. The molecule has 0 aliphatic carbocycles. The molecule has 492 valence electrons. The third-order valence-electron chi connectivity index (χ3n) is 15.9. The highest BCUT2D eigenvalue weighted by molar-refractivity contribution is 7.85. The molecule has 0 fully saturated rings. The van der Waals surface area contributed by atoms with Crippen LogP contribution < -0.4 is 4.90 Å².